The average molecular weight is 233 g/mol. The van der Waals surface area contributed by atoms with E-state index in [1.807, 2.05) is 0 Å². The molecule has 1 saturated heterocycles. The smallest absolute Gasteiger partial charge is 0.0669 e. The number of aliphatic hydroxyl groups is 1. The summed E-state index contributed by atoms with van der Waals surface area (Å²) >= 11 is 0. The van der Waals surface area contributed by atoms with Crippen molar-refractivity contribution < 1.29 is 5.11 Å². The van der Waals surface area contributed by atoms with E-state index in [1.54, 1.807) is 0 Å². The summed E-state index contributed by atoms with van der Waals surface area (Å²) in [6, 6.07) is 10.6. The molecule has 1 aromatic carbocycles. The zero-order chi connectivity index (χ0) is 12.1. The van der Waals surface area contributed by atoms with Crippen LogP contribution in [0, 0.1) is 0 Å². The highest BCUT2D eigenvalue weighted by atomic mass is 16.3. The Morgan fingerprint density at radius 3 is 2.41 bits per heavy atom. The summed E-state index contributed by atoms with van der Waals surface area (Å²) in [5.74, 6) is 0. The molecule has 0 aliphatic carbocycles. The lowest BCUT2D eigenvalue weighted by molar-refractivity contribution is -0.0235. The molecule has 0 radical (unpaired) electrons. The number of likely N-dealkylation sites (tertiary alicyclic amines) is 1. The minimum atomic E-state index is -0.386. The Bertz CT molecular complexity index is 328. The summed E-state index contributed by atoms with van der Waals surface area (Å²) in [5, 5.41) is 10.2. The van der Waals surface area contributed by atoms with Gasteiger partial charge in [0, 0.05) is 19.6 Å². The Hall–Kier alpha value is -0.860. The van der Waals surface area contributed by atoms with Gasteiger partial charge >= 0.3 is 0 Å². The van der Waals surface area contributed by atoms with Gasteiger partial charge in [0.1, 0.15) is 0 Å². The van der Waals surface area contributed by atoms with Gasteiger partial charge in [-0.05, 0) is 31.2 Å². The summed E-state index contributed by atoms with van der Waals surface area (Å²) in [6.45, 7) is 5.28. The highest BCUT2D eigenvalue weighted by Crippen LogP contribution is 2.25. The molecule has 1 heterocycles. The van der Waals surface area contributed by atoms with E-state index in [0.717, 1.165) is 45.3 Å². The van der Waals surface area contributed by atoms with Gasteiger partial charge in [-0.15, -0.1) is 0 Å². The van der Waals surface area contributed by atoms with E-state index in [9.17, 15) is 5.11 Å². The topological polar surface area (TPSA) is 23.5 Å². The minimum absolute atomic E-state index is 0.386. The lowest BCUT2D eigenvalue weighted by Gasteiger charge is -2.37. The van der Waals surface area contributed by atoms with Crippen LogP contribution in [0.15, 0.2) is 30.3 Å². The number of piperidine rings is 1. The molecule has 0 atom stereocenters. The van der Waals surface area contributed by atoms with Crippen LogP contribution in [-0.2, 0) is 6.42 Å². The molecular weight excluding hydrogens is 210 g/mol. The Morgan fingerprint density at radius 1 is 1.18 bits per heavy atom. The number of hydrogen-bond donors (Lipinski definition) is 1. The molecule has 94 valence electrons. The predicted molar refractivity (Wildman–Crippen MR) is 71.1 cm³/mol. The molecule has 2 rings (SSSR count). The summed E-state index contributed by atoms with van der Waals surface area (Å²) in [5.41, 5.74) is 1.02. The van der Waals surface area contributed by atoms with E-state index in [4.69, 9.17) is 0 Å². The lowest BCUT2D eigenvalue weighted by atomic mass is 9.89. The van der Waals surface area contributed by atoms with Crippen molar-refractivity contribution in [3.8, 4) is 0 Å². The molecule has 1 N–H and O–H groups in total. The Morgan fingerprint density at radius 2 is 1.82 bits per heavy atom. The lowest BCUT2D eigenvalue weighted by Crippen LogP contribution is -2.44. The fraction of sp³-hybridized carbons (Fsp3) is 0.600. The highest BCUT2D eigenvalue weighted by Gasteiger charge is 2.29. The van der Waals surface area contributed by atoms with Crippen molar-refractivity contribution in [2.75, 3.05) is 19.6 Å². The van der Waals surface area contributed by atoms with Crippen LogP contribution >= 0.6 is 0 Å². The van der Waals surface area contributed by atoms with Gasteiger partial charge in [-0.1, -0.05) is 37.3 Å². The SMILES string of the molecule is CCC1(O)CCN(CCc2ccccc2)CC1. The van der Waals surface area contributed by atoms with E-state index in [1.165, 1.54) is 5.56 Å². The molecule has 17 heavy (non-hydrogen) atoms. The number of rotatable bonds is 4. The normalized spacial score (nSPS) is 20.4. The van der Waals surface area contributed by atoms with Crippen molar-refractivity contribution >= 4 is 0 Å². The van der Waals surface area contributed by atoms with Gasteiger partial charge in [0.25, 0.3) is 0 Å². The molecule has 0 saturated carbocycles. The van der Waals surface area contributed by atoms with Gasteiger partial charge in [0.2, 0.25) is 0 Å². The maximum Gasteiger partial charge on any atom is 0.0669 e. The van der Waals surface area contributed by atoms with Crippen LogP contribution in [0.2, 0.25) is 0 Å². The molecule has 2 nitrogen and oxygen atoms in total. The number of nitrogens with zero attached hydrogens (tertiary/aromatic N) is 1. The Kier molecular flexibility index (Phi) is 4.19. The molecule has 1 aliphatic heterocycles. The molecule has 1 aliphatic rings. The summed E-state index contributed by atoms with van der Waals surface area (Å²) in [6.07, 6.45) is 3.86. The van der Waals surface area contributed by atoms with Gasteiger partial charge in [-0.3, -0.25) is 0 Å². The van der Waals surface area contributed by atoms with Crippen molar-refractivity contribution in [1.29, 1.82) is 0 Å². The summed E-state index contributed by atoms with van der Waals surface area (Å²) < 4.78 is 0. The number of benzene rings is 1. The zero-order valence-electron chi connectivity index (χ0n) is 10.7. The van der Waals surface area contributed by atoms with Crippen LogP contribution in [0.1, 0.15) is 31.7 Å². The van der Waals surface area contributed by atoms with E-state index < -0.39 is 0 Å². The molecule has 0 aromatic heterocycles. The first-order valence-electron chi connectivity index (χ1n) is 6.70. The first-order chi connectivity index (χ1) is 8.22. The van der Waals surface area contributed by atoms with Crippen LogP contribution in [0.3, 0.4) is 0 Å². The Labute approximate surface area is 104 Å². The zero-order valence-corrected chi connectivity index (χ0v) is 10.7. The molecule has 0 spiro atoms. The van der Waals surface area contributed by atoms with E-state index >= 15 is 0 Å². The second-order valence-electron chi connectivity index (χ2n) is 5.16. The Balaban J connectivity index is 1.75. The largest absolute Gasteiger partial charge is 0.390 e. The molecule has 0 bridgehead atoms. The van der Waals surface area contributed by atoms with Crippen LogP contribution < -0.4 is 0 Å². The third-order valence-electron chi connectivity index (χ3n) is 4.00. The standard InChI is InChI=1S/C15H23NO/c1-2-15(17)9-12-16(13-10-15)11-8-14-6-4-3-5-7-14/h3-7,17H,2,8-13H2,1H3. The monoisotopic (exact) mass is 233 g/mol. The highest BCUT2D eigenvalue weighted by molar-refractivity contribution is 5.14. The van der Waals surface area contributed by atoms with Gasteiger partial charge < -0.3 is 10.0 Å². The van der Waals surface area contributed by atoms with Crippen LogP contribution in [0.5, 0.6) is 0 Å². The van der Waals surface area contributed by atoms with E-state index in [0.29, 0.717) is 0 Å². The predicted octanol–water partition coefficient (Wildman–Crippen LogP) is 2.47. The van der Waals surface area contributed by atoms with Crippen LogP contribution in [-0.4, -0.2) is 35.2 Å². The first kappa shape index (κ1) is 12.6. The van der Waals surface area contributed by atoms with Gasteiger partial charge in [-0.2, -0.15) is 0 Å². The fourth-order valence-electron chi connectivity index (χ4n) is 2.48. The molecule has 1 fully saturated rings. The van der Waals surface area contributed by atoms with Gasteiger partial charge in [0.05, 0.1) is 5.60 Å². The molecule has 0 unspecified atom stereocenters. The van der Waals surface area contributed by atoms with Gasteiger partial charge in [0.15, 0.2) is 0 Å². The van der Waals surface area contributed by atoms with Crippen molar-refractivity contribution in [1.82, 2.24) is 4.90 Å². The molecule has 2 heteroatoms. The maximum atomic E-state index is 10.2. The molecule has 0 amide bonds. The number of hydrogen-bond acceptors (Lipinski definition) is 2. The second-order valence-corrected chi connectivity index (χ2v) is 5.16. The van der Waals surface area contributed by atoms with Crippen molar-refractivity contribution in [3.05, 3.63) is 35.9 Å². The molecular formula is C15H23NO. The van der Waals surface area contributed by atoms with Gasteiger partial charge in [-0.25, -0.2) is 0 Å². The third kappa shape index (κ3) is 3.55. The van der Waals surface area contributed by atoms with Crippen LogP contribution in [0.4, 0.5) is 0 Å². The summed E-state index contributed by atoms with van der Waals surface area (Å²) in [4.78, 5) is 2.47. The third-order valence-corrected chi connectivity index (χ3v) is 4.00. The van der Waals surface area contributed by atoms with Crippen molar-refractivity contribution in [2.45, 2.75) is 38.2 Å². The van der Waals surface area contributed by atoms with E-state index in [2.05, 4.69) is 42.2 Å². The van der Waals surface area contributed by atoms with Crippen molar-refractivity contribution in [2.24, 2.45) is 0 Å². The average Bonchev–Trinajstić information content (AvgIpc) is 2.39. The fourth-order valence-corrected chi connectivity index (χ4v) is 2.48. The quantitative estimate of drug-likeness (QED) is 0.863. The summed E-state index contributed by atoms with van der Waals surface area (Å²) in [7, 11) is 0. The van der Waals surface area contributed by atoms with E-state index in [-0.39, 0.29) is 5.60 Å². The first-order valence-corrected chi connectivity index (χ1v) is 6.70. The van der Waals surface area contributed by atoms with Crippen LogP contribution in [0.25, 0.3) is 0 Å². The second kappa shape index (κ2) is 5.65. The minimum Gasteiger partial charge on any atom is -0.390 e. The molecule has 1 aromatic rings. The van der Waals surface area contributed by atoms with Crippen molar-refractivity contribution in [3.63, 3.8) is 0 Å². The maximum absolute atomic E-state index is 10.2.